The van der Waals surface area contributed by atoms with Crippen molar-refractivity contribution in [2.45, 2.75) is 37.3 Å². The van der Waals surface area contributed by atoms with Crippen LogP contribution in [-0.2, 0) is 10.7 Å². The van der Waals surface area contributed by atoms with Crippen LogP contribution in [0.25, 0.3) is 11.0 Å². The Morgan fingerprint density at radius 1 is 1.19 bits per heavy atom. The molecule has 26 heavy (non-hydrogen) atoms. The van der Waals surface area contributed by atoms with E-state index in [4.69, 9.17) is 4.74 Å². The van der Waals surface area contributed by atoms with Gasteiger partial charge in [-0.25, -0.2) is 9.97 Å². The minimum atomic E-state index is -2.98. The van der Waals surface area contributed by atoms with Gasteiger partial charge in [0, 0.05) is 11.6 Å². The summed E-state index contributed by atoms with van der Waals surface area (Å²) in [6, 6.07) is 7.91. The van der Waals surface area contributed by atoms with Gasteiger partial charge in [0.1, 0.15) is 18.8 Å². The molecule has 3 aromatic rings. The summed E-state index contributed by atoms with van der Waals surface area (Å²) >= 11 is 0. The molecule has 0 radical (unpaired) electrons. The number of fused-ring (bicyclic) bond motifs is 1. The van der Waals surface area contributed by atoms with Crippen LogP contribution < -0.4 is 5.32 Å². The van der Waals surface area contributed by atoms with E-state index in [2.05, 4.69) is 25.5 Å². The highest BCUT2D eigenvalue weighted by Crippen LogP contribution is 2.32. The van der Waals surface area contributed by atoms with Gasteiger partial charge in [0.05, 0.1) is 17.7 Å². The molecule has 0 bridgehead atoms. The highest BCUT2D eigenvalue weighted by atomic mass is 19.3. The molecular formula is C18H19F2N5O. The van der Waals surface area contributed by atoms with Crippen LogP contribution in [0.1, 0.15) is 24.8 Å². The maximum absolute atomic E-state index is 14.2. The molecule has 0 amide bonds. The van der Waals surface area contributed by atoms with Crippen molar-refractivity contribution in [2.75, 3.05) is 11.9 Å². The number of aromatic amines is 1. The standard InChI is InChI=1S/C18H19F2N5O/c19-18(20,12-4-2-1-3-5-12)10-26-14-7-6-13(8-14)24-16-15-9-23-25-17(15)22-11-21-16/h1-5,9,11,13-14H,6-8,10H2,(H2,21,22,23,24,25)/t13-,14?/m0/s1. The molecule has 1 saturated carbocycles. The summed E-state index contributed by atoms with van der Waals surface area (Å²) in [6.07, 6.45) is 5.18. The second-order valence-electron chi connectivity index (χ2n) is 6.51. The first-order valence-electron chi connectivity index (χ1n) is 8.57. The molecule has 0 saturated heterocycles. The normalized spacial score (nSPS) is 20.5. The van der Waals surface area contributed by atoms with Gasteiger partial charge >= 0.3 is 0 Å². The molecular weight excluding hydrogens is 340 g/mol. The second kappa shape index (κ2) is 6.95. The molecule has 2 aromatic heterocycles. The molecule has 1 fully saturated rings. The van der Waals surface area contributed by atoms with Gasteiger partial charge in [0.25, 0.3) is 5.92 Å². The molecule has 6 nitrogen and oxygen atoms in total. The number of nitrogens with zero attached hydrogens (tertiary/aromatic N) is 3. The van der Waals surface area contributed by atoms with Crippen LogP contribution in [0.3, 0.4) is 0 Å². The van der Waals surface area contributed by atoms with E-state index in [0.717, 1.165) is 18.2 Å². The molecule has 136 valence electrons. The predicted octanol–water partition coefficient (Wildman–Crippen LogP) is 3.49. The molecule has 8 heteroatoms. The molecule has 1 aliphatic rings. The highest BCUT2D eigenvalue weighted by Gasteiger charge is 2.34. The number of alkyl halides is 2. The van der Waals surface area contributed by atoms with Gasteiger partial charge in [0.15, 0.2) is 5.65 Å². The summed E-state index contributed by atoms with van der Waals surface area (Å²) in [5, 5.41) is 10.9. The Morgan fingerprint density at radius 2 is 2.04 bits per heavy atom. The van der Waals surface area contributed by atoms with Gasteiger partial charge in [-0.3, -0.25) is 5.10 Å². The monoisotopic (exact) mass is 359 g/mol. The maximum atomic E-state index is 14.2. The summed E-state index contributed by atoms with van der Waals surface area (Å²) in [5.74, 6) is -2.29. The summed E-state index contributed by atoms with van der Waals surface area (Å²) in [4.78, 5) is 8.35. The second-order valence-corrected chi connectivity index (χ2v) is 6.51. The van der Waals surface area contributed by atoms with E-state index in [1.54, 1.807) is 24.4 Å². The number of hydrogen-bond acceptors (Lipinski definition) is 5. The summed E-state index contributed by atoms with van der Waals surface area (Å²) in [6.45, 7) is -0.603. The van der Waals surface area contributed by atoms with Gasteiger partial charge in [-0.2, -0.15) is 13.9 Å². The third-order valence-electron chi connectivity index (χ3n) is 4.67. The van der Waals surface area contributed by atoms with Crippen molar-refractivity contribution in [2.24, 2.45) is 0 Å². The SMILES string of the molecule is FC(F)(COC1CC[C@H](Nc2ncnc3[nH]ncc23)C1)c1ccccc1. The Kier molecular flexibility index (Phi) is 4.50. The largest absolute Gasteiger partial charge is 0.371 e. The van der Waals surface area contributed by atoms with Crippen molar-refractivity contribution in [3.63, 3.8) is 0 Å². The number of rotatable bonds is 6. The molecule has 0 spiro atoms. The minimum absolute atomic E-state index is 0.0176. The molecule has 2 heterocycles. The van der Waals surface area contributed by atoms with E-state index in [-0.39, 0.29) is 17.7 Å². The molecule has 1 aromatic carbocycles. The summed E-state index contributed by atoms with van der Waals surface area (Å²) in [5.41, 5.74) is 0.645. The topological polar surface area (TPSA) is 75.7 Å². The van der Waals surface area contributed by atoms with Crippen LogP contribution in [0.15, 0.2) is 42.9 Å². The lowest BCUT2D eigenvalue weighted by atomic mass is 10.1. The van der Waals surface area contributed by atoms with E-state index >= 15 is 0 Å². The summed E-state index contributed by atoms with van der Waals surface area (Å²) in [7, 11) is 0. The molecule has 4 rings (SSSR count). The lowest BCUT2D eigenvalue weighted by Gasteiger charge is -2.20. The zero-order valence-corrected chi connectivity index (χ0v) is 14.0. The molecule has 0 aliphatic heterocycles. The Bertz CT molecular complexity index is 870. The van der Waals surface area contributed by atoms with Crippen LogP contribution >= 0.6 is 0 Å². The zero-order chi connectivity index (χ0) is 18.0. The lowest BCUT2D eigenvalue weighted by Crippen LogP contribution is -2.25. The number of benzene rings is 1. The van der Waals surface area contributed by atoms with E-state index < -0.39 is 12.5 Å². The molecule has 1 unspecified atom stereocenters. The van der Waals surface area contributed by atoms with Crippen molar-refractivity contribution in [3.05, 3.63) is 48.4 Å². The van der Waals surface area contributed by atoms with Gasteiger partial charge in [-0.15, -0.1) is 0 Å². The van der Waals surface area contributed by atoms with Crippen LogP contribution in [0, 0.1) is 0 Å². The maximum Gasteiger partial charge on any atom is 0.296 e. The first-order chi connectivity index (χ1) is 12.6. The fourth-order valence-corrected chi connectivity index (χ4v) is 3.28. The zero-order valence-electron chi connectivity index (χ0n) is 14.0. The average molecular weight is 359 g/mol. The number of halogens is 2. The molecule has 1 aliphatic carbocycles. The minimum Gasteiger partial charge on any atom is -0.371 e. The van der Waals surface area contributed by atoms with E-state index in [9.17, 15) is 8.78 Å². The van der Waals surface area contributed by atoms with Crippen molar-refractivity contribution < 1.29 is 13.5 Å². The van der Waals surface area contributed by atoms with E-state index in [0.29, 0.717) is 17.9 Å². The number of ether oxygens (including phenoxy) is 1. The van der Waals surface area contributed by atoms with Crippen molar-refractivity contribution in [3.8, 4) is 0 Å². The summed E-state index contributed by atoms with van der Waals surface area (Å²) < 4.78 is 34.0. The Labute approximate surface area is 149 Å². The van der Waals surface area contributed by atoms with Crippen LogP contribution in [0.5, 0.6) is 0 Å². The number of nitrogens with one attached hydrogen (secondary N) is 2. The first-order valence-corrected chi connectivity index (χ1v) is 8.57. The van der Waals surface area contributed by atoms with Crippen LogP contribution in [-0.4, -0.2) is 38.9 Å². The number of anilines is 1. The Hall–Kier alpha value is -2.61. The van der Waals surface area contributed by atoms with Crippen LogP contribution in [0.4, 0.5) is 14.6 Å². The fourth-order valence-electron chi connectivity index (χ4n) is 3.28. The number of H-pyrrole nitrogens is 1. The number of aromatic nitrogens is 4. The third-order valence-corrected chi connectivity index (χ3v) is 4.67. The van der Waals surface area contributed by atoms with Gasteiger partial charge in [-0.1, -0.05) is 30.3 Å². The quantitative estimate of drug-likeness (QED) is 0.705. The molecule has 2 N–H and O–H groups in total. The van der Waals surface area contributed by atoms with Gasteiger partial charge in [0.2, 0.25) is 0 Å². The van der Waals surface area contributed by atoms with Gasteiger partial charge in [-0.05, 0) is 19.3 Å². The lowest BCUT2D eigenvalue weighted by molar-refractivity contribution is -0.103. The van der Waals surface area contributed by atoms with Crippen molar-refractivity contribution >= 4 is 16.9 Å². The fraction of sp³-hybridized carbons (Fsp3) is 0.389. The van der Waals surface area contributed by atoms with E-state index in [1.165, 1.54) is 18.5 Å². The third kappa shape index (κ3) is 3.50. The van der Waals surface area contributed by atoms with Crippen molar-refractivity contribution in [1.82, 2.24) is 20.2 Å². The molecule has 2 atom stereocenters. The number of hydrogen-bond donors (Lipinski definition) is 2. The smallest absolute Gasteiger partial charge is 0.296 e. The van der Waals surface area contributed by atoms with Crippen LogP contribution in [0.2, 0.25) is 0 Å². The highest BCUT2D eigenvalue weighted by molar-refractivity contribution is 5.85. The average Bonchev–Trinajstić information content (AvgIpc) is 3.31. The Balaban J connectivity index is 1.33. The van der Waals surface area contributed by atoms with E-state index in [1.807, 2.05) is 0 Å². The first kappa shape index (κ1) is 16.8. The van der Waals surface area contributed by atoms with Gasteiger partial charge < -0.3 is 10.1 Å². The van der Waals surface area contributed by atoms with Crippen molar-refractivity contribution in [1.29, 1.82) is 0 Å². The predicted molar refractivity (Wildman–Crippen MR) is 93.0 cm³/mol. The Morgan fingerprint density at radius 3 is 2.88 bits per heavy atom.